The van der Waals surface area contributed by atoms with Crippen LogP contribution < -0.4 is 11.1 Å². The van der Waals surface area contributed by atoms with Gasteiger partial charge < -0.3 is 25.8 Å². The zero-order chi connectivity index (χ0) is 16.4. The number of aliphatic carboxylic acids is 1. The van der Waals surface area contributed by atoms with E-state index < -0.39 is 36.3 Å². The summed E-state index contributed by atoms with van der Waals surface area (Å²) in [4.78, 5) is 46.1. The molecule has 0 aromatic rings. The second-order valence-electron chi connectivity index (χ2n) is 4.36. The molecule has 0 unspecified atom stereocenters. The molecule has 9 heteroatoms. The van der Waals surface area contributed by atoms with Crippen LogP contribution in [0.1, 0.15) is 26.2 Å². The highest BCUT2D eigenvalue weighted by Gasteiger charge is 2.26. The molecule has 0 rings (SSSR count). The van der Waals surface area contributed by atoms with Crippen LogP contribution in [0, 0.1) is 0 Å². The Balaban J connectivity index is 4.76. The number of nitrogens with zero attached hydrogens (tertiary/aromatic N) is 1. The van der Waals surface area contributed by atoms with E-state index in [1.807, 2.05) is 6.92 Å². The van der Waals surface area contributed by atoms with Gasteiger partial charge in [-0.15, -0.1) is 0 Å². The van der Waals surface area contributed by atoms with Gasteiger partial charge in [0.1, 0.15) is 12.6 Å². The number of amides is 3. The Morgan fingerprint density at radius 3 is 2.38 bits per heavy atom. The van der Waals surface area contributed by atoms with Crippen LogP contribution in [-0.4, -0.2) is 60.1 Å². The molecule has 0 heterocycles. The highest BCUT2D eigenvalue weighted by atomic mass is 16.5. The molecule has 4 N–H and O–H groups in total. The zero-order valence-electron chi connectivity index (χ0n) is 12.1. The molecule has 21 heavy (non-hydrogen) atoms. The number of carboxylic acid groups (broad SMARTS) is 1. The number of carbonyl (C=O) groups is 4. The average Bonchev–Trinajstić information content (AvgIpc) is 2.41. The maximum atomic E-state index is 12.0. The van der Waals surface area contributed by atoms with Crippen LogP contribution in [0.15, 0.2) is 0 Å². The molecular weight excluding hydrogens is 282 g/mol. The van der Waals surface area contributed by atoms with E-state index in [0.717, 1.165) is 18.4 Å². The highest BCUT2D eigenvalue weighted by molar-refractivity contribution is 5.88. The van der Waals surface area contributed by atoms with Gasteiger partial charge in [0, 0.05) is 6.54 Å². The molecule has 9 nitrogen and oxygen atoms in total. The van der Waals surface area contributed by atoms with Crippen LogP contribution in [0.2, 0.25) is 0 Å². The molecule has 1 atom stereocenters. The van der Waals surface area contributed by atoms with Gasteiger partial charge in [-0.05, 0) is 6.42 Å². The summed E-state index contributed by atoms with van der Waals surface area (Å²) in [5, 5.41) is 11.1. The van der Waals surface area contributed by atoms with Crippen LogP contribution in [-0.2, 0) is 19.1 Å². The summed E-state index contributed by atoms with van der Waals surface area (Å²) >= 11 is 0. The lowest BCUT2D eigenvalue weighted by Gasteiger charge is -2.23. The number of ether oxygens (including phenoxy) is 1. The first kappa shape index (κ1) is 18.7. The number of rotatable bonds is 9. The minimum Gasteiger partial charge on any atom is -0.480 e. The minimum absolute atomic E-state index is 0.260. The number of carbonyl (C=O) groups excluding carboxylic acids is 3. The smallest absolute Gasteiger partial charge is 0.326 e. The van der Waals surface area contributed by atoms with Crippen molar-refractivity contribution in [1.82, 2.24) is 10.2 Å². The number of carboxylic acids is 1. The molecule has 0 bridgehead atoms. The van der Waals surface area contributed by atoms with Crippen molar-refractivity contribution in [2.45, 2.75) is 32.2 Å². The van der Waals surface area contributed by atoms with Crippen molar-refractivity contribution >= 4 is 23.9 Å². The molecule has 120 valence electrons. The van der Waals surface area contributed by atoms with Crippen molar-refractivity contribution in [3.05, 3.63) is 0 Å². The Kier molecular flexibility index (Phi) is 8.51. The van der Waals surface area contributed by atoms with Crippen molar-refractivity contribution in [3.8, 4) is 0 Å². The Hall–Kier alpha value is -2.32. The molecule has 0 saturated heterocycles. The molecule has 0 radical (unpaired) electrons. The Labute approximate surface area is 122 Å². The third kappa shape index (κ3) is 7.75. The van der Waals surface area contributed by atoms with Gasteiger partial charge in [0.2, 0.25) is 5.91 Å². The first-order chi connectivity index (χ1) is 9.81. The lowest BCUT2D eigenvalue weighted by atomic mass is 10.2. The number of esters is 1. The van der Waals surface area contributed by atoms with Crippen molar-refractivity contribution in [2.24, 2.45) is 5.73 Å². The maximum absolute atomic E-state index is 12.0. The van der Waals surface area contributed by atoms with Crippen molar-refractivity contribution in [2.75, 3.05) is 20.2 Å². The van der Waals surface area contributed by atoms with E-state index >= 15 is 0 Å². The van der Waals surface area contributed by atoms with E-state index in [-0.39, 0.29) is 13.1 Å². The van der Waals surface area contributed by atoms with Gasteiger partial charge in [0.05, 0.1) is 13.5 Å². The fraction of sp³-hybridized carbons (Fsp3) is 0.667. The predicted molar refractivity (Wildman–Crippen MR) is 72.3 cm³/mol. The minimum atomic E-state index is -1.43. The summed E-state index contributed by atoms with van der Waals surface area (Å²) in [6, 6.07) is -2.19. The number of nitrogens with two attached hydrogens (primary N) is 1. The normalized spacial score (nSPS) is 11.3. The Bertz CT molecular complexity index is 398. The number of hydrogen-bond donors (Lipinski definition) is 3. The quantitative estimate of drug-likeness (QED) is 0.481. The fourth-order valence-corrected chi connectivity index (χ4v) is 1.48. The standard InChI is InChI=1S/C12H21N3O6/c1-3-4-5-15(7-9(13)16)12(20)14-8(11(18)19)6-10(17)21-2/h8H,3-7H2,1-2H3,(H2,13,16)(H,14,20)(H,18,19)/t8-/m0/s1. The van der Waals surface area contributed by atoms with Crippen molar-refractivity contribution < 1.29 is 29.0 Å². The summed E-state index contributed by atoms with van der Waals surface area (Å²) < 4.78 is 4.36. The van der Waals surface area contributed by atoms with Crippen LogP contribution in [0.4, 0.5) is 4.79 Å². The van der Waals surface area contributed by atoms with Crippen LogP contribution >= 0.6 is 0 Å². The van der Waals surface area contributed by atoms with Gasteiger partial charge in [-0.1, -0.05) is 13.3 Å². The molecule has 0 aliphatic rings. The number of unbranched alkanes of at least 4 members (excludes halogenated alkanes) is 1. The topological polar surface area (TPSA) is 139 Å². The first-order valence-electron chi connectivity index (χ1n) is 6.45. The van der Waals surface area contributed by atoms with Gasteiger partial charge >= 0.3 is 18.0 Å². The molecule has 3 amide bonds. The van der Waals surface area contributed by atoms with Crippen LogP contribution in [0.25, 0.3) is 0 Å². The van der Waals surface area contributed by atoms with Gasteiger partial charge in [0.15, 0.2) is 0 Å². The Morgan fingerprint density at radius 2 is 1.95 bits per heavy atom. The molecule has 0 fully saturated rings. The molecule has 0 aliphatic carbocycles. The molecule has 0 aliphatic heterocycles. The number of nitrogens with one attached hydrogen (secondary N) is 1. The average molecular weight is 303 g/mol. The maximum Gasteiger partial charge on any atom is 0.326 e. The second kappa shape index (κ2) is 9.56. The van der Waals surface area contributed by atoms with Gasteiger partial charge in [-0.3, -0.25) is 9.59 Å². The summed E-state index contributed by atoms with van der Waals surface area (Å²) in [6.07, 6.45) is 0.915. The summed E-state index contributed by atoms with van der Waals surface area (Å²) in [5.41, 5.74) is 5.04. The highest BCUT2D eigenvalue weighted by Crippen LogP contribution is 2.00. The molecule has 0 aromatic heterocycles. The SMILES string of the molecule is CCCCN(CC(N)=O)C(=O)N[C@@H](CC(=O)OC)C(=O)O. The number of hydrogen-bond acceptors (Lipinski definition) is 5. The molecule has 0 spiro atoms. The number of urea groups is 1. The van der Waals surface area contributed by atoms with E-state index in [2.05, 4.69) is 10.1 Å². The fourth-order valence-electron chi connectivity index (χ4n) is 1.48. The second-order valence-corrected chi connectivity index (χ2v) is 4.36. The largest absolute Gasteiger partial charge is 0.480 e. The third-order valence-corrected chi connectivity index (χ3v) is 2.61. The van der Waals surface area contributed by atoms with Gasteiger partial charge in [-0.25, -0.2) is 9.59 Å². The van der Waals surface area contributed by atoms with E-state index in [4.69, 9.17) is 10.8 Å². The summed E-state index contributed by atoms with van der Waals surface area (Å²) in [6.45, 7) is 1.84. The lowest BCUT2D eigenvalue weighted by Crippen LogP contribution is -2.51. The molecule has 0 aromatic carbocycles. The van der Waals surface area contributed by atoms with Crippen molar-refractivity contribution in [1.29, 1.82) is 0 Å². The summed E-state index contributed by atoms with van der Waals surface area (Å²) in [7, 11) is 1.11. The number of primary amides is 1. The molecular formula is C12H21N3O6. The first-order valence-corrected chi connectivity index (χ1v) is 6.45. The van der Waals surface area contributed by atoms with Gasteiger partial charge in [-0.2, -0.15) is 0 Å². The van der Waals surface area contributed by atoms with Crippen molar-refractivity contribution in [3.63, 3.8) is 0 Å². The monoisotopic (exact) mass is 303 g/mol. The van der Waals surface area contributed by atoms with E-state index in [1.54, 1.807) is 0 Å². The van der Waals surface area contributed by atoms with E-state index in [9.17, 15) is 19.2 Å². The number of methoxy groups -OCH3 is 1. The van der Waals surface area contributed by atoms with Crippen LogP contribution in [0.3, 0.4) is 0 Å². The molecule has 0 saturated carbocycles. The van der Waals surface area contributed by atoms with E-state index in [0.29, 0.717) is 6.42 Å². The third-order valence-electron chi connectivity index (χ3n) is 2.61. The predicted octanol–water partition coefficient (Wildman–Crippen LogP) is -0.700. The van der Waals surface area contributed by atoms with E-state index in [1.165, 1.54) is 0 Å². The van der Waals surface area contributed by atoms with Crippen LogP contribution in [0.5, 0.6) is 0 Å². The van der Waals surface area contributed by atoms with Gasteiger partial charge in [0.25, 0.3) is 0 Å². The summed E-state index contributed by atoms with van der Waals surface area (Å²) in [5.74, 6) is -2.85. The lowest BCUT2D eigenvalue weighted by molar-refractivity contribution is -0.147. The zero-order valence-corrected chi connectivity index (χ0v) is 12.1. The Morgan fingerprint density at radius 1 is 1.33 bits per heavy atom.